The quantitative estimate of drug-likeness (QED) is 0.767. The maximum absolute atomic E-state index is 9.74. The minimum Gasteiger partial charge on any atom is -0.393 e. The lowest BCUT2D eigenvalue weighted by atomic mass is 9.96. The van der Waals surface area contributed by atoms with Gasteiger partial charge in [0.05, 0.1) is 6.10 Å². The van der Waals surface area contributed by atoms with Crippen LogP contribution in [0, 0.1) is 5.92 Å². The largest absolute Gasteiger partial charge is 0.393 e. The highest BCUT2D eigenvalue weighted by Crippen LogP contribution is 2.12. The molecule has 1 aromatic rings. The fourth-order valence-corrected chi connectivity index (χ4v) is 1.23. The first kappa shape index (κ1) is 10.2. The molecular weight excluding hydrogens is 162 g/mol. The SMILES string of the molecule is CCC(C)C(O)Cc1cccnc1. The van der Waals surface area contributed by atoms with Crippen molar-refractivity contribution >= 4 is 0 Å². The molecule has 1 N–H and O–H groups in total. The zero-order valence-electron chi connectivity index (χ0n) is 8.27. The summed E-state index contributed by atoms with van der Waals surface area (Å²) >= 11 is 0. The fourth-order valence-electron chi connectivity index (χ4n) is 1.23. The fraction of sp³-hybridized carbons (Fsp3) is 0.545. The monoisotopic (exact) mass is 179 g/mol. The highest BCUT2D eigenvalue weighted by molar-refractivity contribution is 5.09. The number of pyridine rings is 1. The third kappa shape index (κ3) is 3.15. The van der Waals surface area contributed by atoms with Crippen LogP contribution in [0.1, 0.15) is 25.8 Å². The molecule has 0 saturated carbocycles. The Bertz CT molecular complexity index is 235. The smallest absolute Gasteiger partial charge is 0.0606 e. The van der Waals surface area contributed by atoms with E-state index in [0.717, 1.165) is 12.0 Å². The van der Waals surface area contributed by atoms with E-state index in [2.05, 4.69) is 18.8 Å². The molecule has 0 spiro atoms. The van der Waals surface area contributed by atoms with E-state index in [9.17, 15) is 5.11 Å². The van der Waals surface area contributed by atoms with E-state index in [4.69, 9.17) is 0 Å². The van der Waals surface area contributed by atoms with E-state index >= 15 is 0 Å². The summed E-state index contributed by atoms with van der Waals surface area (Å²) in [5.41, 5.74) is 1.11. The maximum atomic E-state index is 9.74. The molecular formula is C11H17NO. The summed E-state index contributed by atoms with van der Waals surface area (Å²) in [6.45, 7) is 4.16. The Labute approximate surface area is 79.6 Å². The van der Waals surface area contributed by atoms with Gasteiger partial charge in [-0.3, -0.25) is 4.98 Å². The number of aromatic nitrogens is 1. The number of hydrogen-bond acceptors (Lipinski definition) is 2. The lowest BCUT2D eigenvalue weighted by Crippen LogP contribution is -2.19. The van der Waals surface area contributed by atoms with E-state index < -0.39 is 0 Å². The van der Waals surface area contributed by atoms with Gasteiger partial charge in [0, 0.05) is 18.8 Å². The van der Waals surface area contributed by atoms with E-state index in [1.54, 1.807) is 6.20 Å². The number of hydrogen-bond donors (Lipinski definition) is 1. The van der Waals surface area contributed by atoms with Crippen molar-refractivity contribution < 1.29 is 5.11 Å². The minimum absolute atomic E-state index is 0.241. The lowest BCUT2D eigenvalue weighted by Gasteiger charge is -2.16. The van der Waals surface area contributed by atoms with E-state index in [0.29, 0.717) is 12.3 Å². The van der Waals surface area contributed by atoms with Crippen LogP contribution in [0.3, 0.4) is 0 Å². The first-order chi connectivity index (χ1) is 6.24. The van der Waals surface area contributed by atoms with Crippen LogP contribution in [0.15, 0.2) is 24.5 Å². The van der Waals surface area contributed by atoms with E-state index in [1.165, 1.54) is 0 Å². The van der Waals surface area contributed by atoms with Crippen LogP contribution < -0.4 is 0 Å². The molecule has 2 heteroatoms. The Balaban J connectivity index is 2.50. The van der Waals surface area contributed by atoms with Crippen LogP contribution in [-0.4, -0.2) is 16.2 Å². The maximum Gasteiger partial charge on any atom is 0.0606 e. The van der Waals surface area contributed by atoms with Gasteiger partial charge in [-0.25, -0.2) is 0 Å². The predicted molar refractivity (Wildman–Crippen MR) is 53.4 cm³/mol. The van der Waals surface area contributed by atoms with Gasteiger partial charge in [0.2, 0.25) is 0 Å². The van der Waals surface area contributed by atoms with Gasteiger partial charge in [-0.1, -0.05) is 26.3 Å². The van der Waals surface area contributed by atoms with Crippen molar-refractivity contribution in [3.63, 3.8) is 0 Å². The topological polar surface area (TPSA) is 33.1 Å². The summed E-state index contributed by atoms with van der Waals surface area (Å²) in [7, 11) is 0. The molecule has 0 aliphatic carbocycles. The molecule has 1 heterocycles. The van der Waals surface area contributed by atoms with Gasteiger partial charge in [-0.15, -0.1) is 0 Å². The number of aliphatic hydroxyl groups excluding tert-OH is 1. The van der Waals surface area contributed by atoms with Gasteiger partial charge in [0.15, 0.2) is 0 Å². The summed E-state index contributed by atoms with van der Waals surface area (Å²) in [4.78, 5) is 4.01. The third-order valence-electron chi connectivity index (χ3n) is 2.47. The minimum atomic E-state index is -0.241. The second-order valence-electron chi connectivity index (χ2n) is 3.52. The molecule has 0 aliphatic heterocycles. The van der Waals surface area contributed by atoms with Crippen LogP contribution in [0.2, 0.25) is 0 Å². The second kappa shape index (κ2) is 4.97. The summed E-state index contributed by atoms with van der Waals surface area (Å²) in [5.74, 6) is 0.361. The highest BCUT2D eigenvalue weighted by atomic mass is 16.3. The standard InChI is InChI=1S/C11H17NO/c1-3-9(2)11(13)7-10-5-4-6-12-8-10/h4-6,8-9,11,13H,3,7H2,1-2H3. The average Bonchev–Trinajstić information content (AvgIpc) is 2.18. The van der Waals surface area contributed by atoms with Crippen LogP contribution in [0.4, 0.5) is 0 Å². The summed E-state index contributed by atoms with van der Waals surface area (Å²) in [6, 6.07) is 3.90. The van der Waals surface area contributed by atoms with Crippen LogP contribution in [-0.2, 0) is 6.42 Å². The number of rotatable bonds is 4. The van der Waals surface area contributed by atoms with Crippen molar-refractivity contribution in [3.05, 3.63) is 30.1 Å². The van der Waals surface area contributed by atoms with Crippen molar-refractivity contribution in [1.29, 1.82) is 0 Å². The molecule has 0 aliphatic rings. The van der Waals surface area contributed by atoms with Gasteiger partial charge in [-0.2, -0.15) is 0 Å². The van der Waals surface area contributed by atoms with Gasteiger partial charge in [0.1, 0.15) is 0 Å². The molecule has 0 saturated heterocycles. The van der Waals surface area contributed by atoms with Crippen molar-refractivity contribution in [1.82, 2.24) is 4.98 Å². The molecule has 13 heavy (non-hydrogen) atoms. The van der Waals surface area contributed by atoms with Crippen molar-refractivity contribution in [2.75, 3.05) is 0 Å². The van der Waals surface area contributed by atoms with Crippen molar-refractivity contribution in [3.8, 4) is 0 Å². The third-order valence-corrected chi connectivity index (χ3v) is 2.47. The lowest BCUT2D eigenvalue weighted by molar-refractivity contribution is 0.114. The molecule has 0 aromatic carbocycles. The Morgan fingerprint density at radius 2 is 2.31 bits per heavy atom. The molecule has 2 unspecified atom stereocenters. The Morgan fingerprint density at radius 3 is 2.85 bits per heavy atom. The van der Waals surface area contributed by atoms with Gasteiger partial charge in [-0.05, 0) is 17.5 Å². The van der Waals surface area contributed by atoms with E-state index in [-0.39, 0.29) is 6.10 Å². The van der Waals surface area contributed by atoms with Gasteiger partial charge in [0.25, 0.3) is 0 Å². The summed E-state index contributed by atoms with van der Waals surface area (Å²) < 4.78 is 0. The molecule has 1 rings (SSSR count). The zero-order valence-corrected chi connectivity index (χ0v) is 8.27. The molecule has 2 atom stereocenters. The zero-order chi connectivity index (χ0) is 9.68. The molecule has 0 fully saturated rings. The van der Waals surface area contributed by atoms with Crippen molar-refractivity contribution in [2.45, 2.75) is 32.8 Å². The van der Waals surface area contributed by atoms with Crippen molar-refractivity contribution in [2.24, 2.45) is 5.92 Å². The van der Waals surface area contributed by atoms with Gasteiger partial charge >= 0.3 is 0 Å². The van der Waals surface area contributed by atoms with Crippen LogP contribution in [0.5, 0.6) is 0 Å². The molecule has 1 aromatic heterocycles. The van der Waals surface area contributed by atoms with E-state index in [1.807, 2.05) is 18.3 Å². The summed E-state index contributed by atoms with van der Waals surface area (Å²) in [5, 5.41) is 9.74. The summed E-state index contributed by atoms with van der Waals surface area (Å²) in [6.07, 6.45) is 5.05. The molecule has 0 bridgehead atoms. The Morgan fingerprint density at radius 1 is 1.54 bits per heavy atom. The first-order valence-electron chi connectivity index (χ1n) is 4.81. The molecule has 72 valence electrons. The Kier molecular flexibility index (Phi) is 3.90. The highest BCUT2D eigenvalue weighted by Gasteiger charge is 2.12. The second-order valence-corrected chi connectivity index (χ2v) is 3.52. The first-order valence-corrected chi connectivity index (χ1v) is 4.81. The number of aliphatic hydroxyl groups is 1. The number of nitrogens with zero attached hydrogens (tertiary/aromatic N) is 1. The molecule has 0 radical (unpaired) electrons. The van der Waals surface area contributed by atoms with Gasteiger partial charge < -0.3 is 5.11 Å². The molecule has 2 nitrogen and oxygen atoms in total. The molecule has 0 amide bonds. The Hall–Kier alpha value is -0.890. The normalized spacial score (nSPS) is 15.3. The predicted octanol–water partition coefficient (Wildman–Crippen LogP) is 2.03. The van der Waals surface area contributed by atoms with Crippen LogP contribution >= 0.6 is 0 Å². The average molecular weight is 179 g/mol. The van der Waals surface area contributed by atoms with Crippen LogP contribution in [0.25, 0.3) is 0 Å².